The lowest BCUT2D eigenvalue weighted by Gasteiger charge is -2.14. The van der Waals surface area contributed by atoms with Crippen LogP contribution in [0.2, 0.25) is 0 Å². The van der Waals surface area contributed by atoms with E-state index in [4.69, 9.17) is 9.47 Å². The Morgan fingerprint density at radius 1 is 1.04 bits per heavy atom. The molecular formula is C22H23N3O2S. The molecule has 0 amide bonds. The van der Waals surface area contributed by atoms with E-state index in [-0.39, 0.29) is 0 Å². The first kappa shape index (κ1) is 18.7. The highest BCUT2D eigenvalue weighted by atomic mass is 32.1. The lowest BCUT2D eigenvalue weighted by atomic mass is 10.2. The van der Waals surface area contributed by atoms with E-state index in [0.717, 1.165) is 35.3 Å². The third-order valence-corrected chi connectivity index (χ3v) is 5.47. The van der Waals surface area contributed by atoms with Crippen LogP contribution in [0.15, 0.2) is 35.0 Å². The first-order valence-electron chi connectivity index (χ1n) is 9.57. The largest absolute Gasteiger partial charge is 0.497 e. The van der Waals surface area contributed by atoms with Crippen LogP contribution in [-0.4, -0.2) is 48.2 Å². The van der Waals surface area contributed by atoms with Gasteiger partial charge in [0.15, 0.2) is 5.69 Å². The summed E-state index contributed by atoms with van der Waals surface area (Å²) in [4.78, 5) is 11.8. The number of methoxy groups -OCH3 is 1. The molecule has 1 aromatic carbocycles. The monoisotopic (exact) mass is 393 g/mol. The predicted octanol–water partition coefficient (Wildman–Crippen LogP) is 3.96. The number of hydrogen-bond acceptors (Lipinski definition) is 6. The summed E-state index contributed by atoms with van der Waals surface area (Å²) in [6, 6.07) is 7.65. The molecule has 2 aromatic heterocycles. The predicted molar refractivity (Wildman–Crippen MR) is 112 cm³/mol. The van der Waals surface area contributed by atoms with Crippen molar-refractivity contribution in [2.24, 2.45) is 0 Å². The molecule has 0 bridgehead atoms. The Morgan fingerprint density at radius 3 is 2.54 bits per heavy atom. The topological polar surface area (TPSA) is 47.5 Å². The van der Waals surface area contributed by atoms with Gasteiger partial charge in [-0.2, -0.15) is 0 Å². The molecule has 3 aromatic rings. The molecule has 0 spiro atoms. The summed E-state index contributed by atoms with van der Waals surface area (Å²) in [5.74, 6) is 7.62. The molecule has 4 rings (SSSR count). The van der Waals surface area contributed by atoms with Gasteiger partial charge in [0.2, 0.25) is 5.88 Å². The van der Waals surface area contributed by atoms with Crippen LogP contribution in [-0.2, 0) is 0 Å². The van der Waals surface area contributed by atoms with Gasteiger partial charge in [-0.15, -0.1) is 11.3 Å². The van der Waals surface area contributed by atoms with E-state index >= 15 is 0 Å². The zero-order chi connectivity index (χ0) is 19.2. The first-order valence-corrected chi connectivity index (χ1v) is 10.5. The van der Waals surface area contributed by atoms with Crippen molar-refractivity contribution >= 4 is 22.4 Å². The van der Waals surface area contributed by atoms with Crippen LogP contribution in [0.3, 0.4) is 0 Å². The van der Waals surface area contributed by atoms with Crippen molar-refractivity contribution in [2.75, 3.05) is 33.4 Å². The molecule has 0 saturated carbocycles. The van der Waals surface area contributed by atoms with Crippen LogP contribution in [0, 0.1) is 11.8 Å². The Morgan fingerprint density at radius 2 is 1.79 bits per heavy atom. The van der Waals surface area contributed by atoms with E-state index in [1.54, 1.807) is 18.4 Å². The fraction of sp³-hybridized carbons (Fsp3) is 0.364. The Bertz CT molecular complexity index is 982. The molecule has 1 aliphatic heterocycles. The fourth-order valence-electron chi connectivity index (χ4n) is 3.23. The highest BCUT2D eigenvalue weighted by Gasteiger charge is 2.12. The Balaban J connectivity index is 1.49. The van der Waals surface area contributed by atoms with Gasteiger partial charge in [-0.3, -0.25) is 0 Å². The van der Waals surface area contributed by atoms with Crippen LogP contribution in [0.25, 0.3) is 11.0 Å². The fourth-order valence-corrected chi connectivity index (χ4v) is 3.91. The van der Waals surface area contributed by atoms with Crippen LogP contribution >= 0.6 is 11.3 Å². The van der Waals surface area contributed by atoms with Crippen molar-refractivity contribution in [3.05, 3.63) is 46.3 Å². The van der Waals surface area contributed by atoms with Crippen LogP contribution in [0.4, 0.5) is 0 Å². The maximum absolute atomic E-state index is 5.98. The van der Waals surface area contributed by atoms with E-state index in [1.165, 1.54) is 25.9 Å². The average molecular weight is 394 g/mol. The summed E-state index contributed by atoms with van der Waals surface area (Å²) >= 11 is 1.58. The lowest BCUT2D eigenvalue weighted by Crippen LogP contribution is -2.22. The molecule has 1 saturated heterocycles. The second-order valence-corrected chi connectivity index (χ2v) is 7.49. The van der Waals surface area contributed by atoms with E-state index in [1.807, 2.05) is 35.0 Å². The maximum Gasteiger partial charge on any atom is 0.249 e. The average Bonchev–Trinajstić information content (AvgIpc) is 3.41. The Labute approximate surface area is 169 Å². The molecule has 28 heavy (non-hydrogen) atoms. The number of rotatable bonds is 6. The van der Waals surface area contributed by atoms with Crippen molar-refractivity contribution in [1.29, 1.82) is 0 Å². The third kappa shape index (κ3) is 4.61. The molecule has 0 atom stereocenters. The molecule has 6 heteroatoms. The van der Waals surface area contributed by atoms with Gasteiger partial charge in [0.25, 0.3) is 0 Å². The van der Waals surface area contributed by atoms with E-state index in [2.05, 4.69) is 26.7 Å². The van der Waals surface area contributed by atoms with Gasteiger partial charge >= 0.3 is 0 Å². The van der Waals surface area contributed by atoms with Gasteiger partial charge in [-0.1, -0.05) is 5.92 Å². The van der Waals surface area contributed by atoms with Crippen molar-refractivity contribution in [2.45, 2.75) is 19.3 Å². The zero-order valence-corrected chi connectivity index (χ0v) is 16.8. The second-order valence-electron chi connectivity index (χ2n) is 6.75. The highest BCUT2D eigenvalue weighted by molar-refractivity contribution is 7.09. The number of ether oxygens (including phenoxy) is 2. The minimum Gasteiger partial charge on any atom is -0.497 e. The van der Waals surface area contributed by atoms with Crippen LogP contribution < -0.4 is 9.47 Å². The number of nitrogens with zero attached hydrogens (tertiary/aromatic N) is 3. The number of fused-ring (bicyclic) bond motifs is 1. The van der Waals surface area contributed by atoms with Crippen molar-refractivity contribution in [3.63, 3.8) is 0 Å². The van der Waals surface area contributed by atoms with Gasteiger partial charge in [-0.25, -0.2) is 9.97 Å². The van der Waals surface area contributed by atoms with Gasteiger partial charge < -0.3 is 14.4 Å². The SMILES string of the molecule is COc1ccc(C#Cc2nc3cscc3nc2OCCCN2CCCC2)cc1. The molecule has 1 aliphatic rings. The van der Waals surface area contributed by atoms with Crippen LogP contribution in [0.1, 0.15) is 30.5 Å². The molecule has 3 heterocycles. The number of hydrogen-bond donors (Lipinski definition) is 0. The molecule has 144 valence electrons. The van der Waals surface area contributed by atoms with Crippen molar-refractivity contribution < 1.29 is 9.47 Å². The molecule has 0 unspecified atom stereocenters. The summed E-state index contributed by atoms with van der Waals surface area (Å²) < 4.78 is 11.2. The minimum atomic E-state index is 0.522. The summed E-state index contributed by atoms with van der Waals surface area (Å²) in [6.07, 6.45) is 3.60. The van der Waals surface area contributed by atoms with Crippen LogP contribution in [0.5, 0.6) is 11.6 Å². The van der Waals surface area contributed by atoms with E-state index < -0.39 is 0 Å². The quantitative estimate of drug-likeness (QED) is 0.469. The lowest BCUT2D eigenvalue weighted by molar-refractivity contribution is 0.256. The third-order valence-electron chi connectivity index (χ3n) is 4.75. The number of thiophene rings is 1. The summed E-state index contributed by atoms with van der Waals surface area (Å²) in [6.45, 7) is 4.11. The molecule has 0 radical (unpaired) electrons. The number of aromatic nitrogens is 2. The second kappa shape index (κ2) is 9.05. The van der Waals surface area contributed by atoms with E-state index in [9.17, 15) is 0 Å². The molecule has 1 fully saturated rings. The normalized spacial score (nSPS) is 14.0. The molecule has 0 aliphatic carbocycles. The maximum atomic E-state index is 5.98. The Kier molecular flexibility index (Phi) is 6.05. The van der Waals surface area contributed by atoms with Gasteiger partial charge in [0, 0.05) is 22.9 Å². The number of likely N-dealkylation sites (tertiary alicyclic amines) is 1. The summed E-state index contributed by atoms with van der Waals surface area (Å²) in [5.41, 5.74) is 3.19. The van der Waals surface area contributed by atoms with E-state index in [0.29, 0.717) is 18.2 Å². The highest BCUT2D eigenvalue weighted by Crippen LogP contribution is 2.22. The summed E-state index contributed by atoms with van der Waals surface area (Å²) in [5, 5.41) is 3.97. The van der Waals surface area contributed by atoms with Crippen molar-refractivity contribution in [1.82, 2.24) is 14.9 Å². The zero-order valence-electron chi connectivity index (χ0n) is 16.0. The van der Waals surface area contributed by atoms with Crippen molar-refractivity contribution in [3.8, 4) is 23.5 Å². The standard InChI is InChI=1S/C22H23N3O2S/c1-26-18-8-5-17(6-9-18)7-10-19-22(24-21-16-28-15-20(21)23-19)27-14-4-13-25-11-2-3-12-25/h5-6,8-9,15-16H,2-4,11-14H2,1H3. The summed E-state index contributed by atoms with van der Waals surface area (Å²) in [7, 11) is 1.65. The molecular weight excluding hydrogens is 370 g/mol. The first-order chi connectivity index (χ1) is 13.8. The minimum absolute atomic E-state index is 0.522. The van der Waals surface area contributed by atoms with Gasteiger partial charge in [0.1, 0.15) is 16.8 Å². The Hall–Kier alpha value is -2.62. The van der Waals surface area contributed by atoms with Gasteiger partial charge in [0.05, 0.1) is 13.7 Å². The molecule has 0 N–H and O–H groups in total. The smallest absolute Gasteiger partial charge is 0.249 e. The van der Waals surface area contributed by atoms with Gasteiger partial charge in [-0.05, 0) is 62.5 Å². The number of benzene rings is 1. The molecule has 5 nitrogen and oxygen atoms in total.